The molecule has 1 heterocycles. The van der Waals surface area contributed by atoms with Gasteiger partial charge in [0.05, 0.1) is 12.2 Å². The van der Waals surface area contributed by atoms with E-state index in [2.05, 4.69) is 37.6 Å². The minimum absolute atomic E-state index is 0.104. The van der Waals surface area contributed by atoms with E-state index in [0.717, 1.165) is 17.6 Å². The molecule has 0 saturated carbocycles. The zero-order valence-electron chi connectivity index (χ0n) is 11.6. The van der Waals surface area contributed by atoms with Gasteiger partial charge in [-0.3, -0.25) is 0 Å². The first kappa shape index (κ1) is 14.0. The van der Waals surface area contributed by atoms with Gasteiger partial charge < -0.3 is 15.0 Å². The van der Waals surface area contributed by atoms with E-state index in [1.54, 1.807) is 0 Å². The van der Waals surface area contributed by atoms with Crippen LogP contribution in [0.4, 0.5) is 0 Å². The van der Waals surface area contributed by atoms with Crippen LogP contribution in [-0.2, 0) is 11.3 Å². The second kappa shape index (κ2) is 5.31. The van der Waals surface area contributed by atoms with Crippen molar-refractivity contribution in [2.45, 2.75) is 32.9 Å². The maximum Gasteiger partial charge on any atom is 0.104 e. The lowest BCUT2D eigenvalue weighted by atomic mass is 10.1. The van der Waals surface area contributed by atoms with Crippen molar-refractivity contribution < 1.29 is 4.74 Å². The van der Waals surface area contributed by atoms with Crippen molar-refractivity contribution in [2.75, 3.05) is 6.61 Å². The Labute approximate surface area is 119 Å². The maximum absolute atomic E-state index is 5.76. The Hall–Kier alpha value is -1.39. The molecule has 0 aliphatic rings. The average molecular weight is 276 g/mol. The fourth-order valence-corrected chi connectivity index (χ4v) is 2.11. The summed E-state index contributed by atoms with van der Waals surface area (Å²) in [4.78, 5) is 0.431. The van der Waals surface area contributed by atoms with Crippen LogP contribution in [0.15, 0.2) is 30.5 Å². The second-order valence-corrected chi connectivity index (χ2v) is 6.05. The first-order valence-electron chi connectivity index (χ1n) is 6.39. The third kappa shape index (κ3) is 3.55. The molecule has 0 saturated heterocycles. The molecule has 19 heavy (non-hydrogen) atoms. The van der Waals surface area contributed by atoms with Crippen molar-refractivity contribution in [1.82, 2.24) is 4.57 Å². The number of aromatic nitrogens is 1. The van der Waals surface area contributed by atoms with Gasteiger partial charge in [-0.05, 0) is 38.3 Å². The number of nitrogens with two attached hydrogens (primary N) is 1. The highest BCUT2D eigenvalue weighted by atomic mass is 32.1. The number of nitrogens with zero attached hydrogens (tertiary/aromatic N) is 1. The van der Waals surface area contributed by atoms with E-state index in [-0.39, 0.29) is 5.60 Å². The molecule has 0 fully saturated rings. The topological polar surface area (TPSA) is 40.2 Å². The van der Waals surface area contributed by atoms with Crippen molar-refractivity contribution in [3.8, 4) is 0 Å². The molecule has 2 aromatic rings. The van der Waals surface area contributed by atoms with Crippen molar-refractivity contribution in [1.29, 1.82) is 0 Å². The molecule has 0 aliphatic carbocycles. The van der Waals surface area contributed by atoms with Crippen LogP contribution in [0.1, 0.15) is 26.3 Å². The average Bonchev–Trinajstić information content (AvgIpc) is 2.70. The number of ether oxygens (including phenoxy) is 1. The summed E-state index contributed by atoms with van der Waals surface area (Å²) in [6, 6.07) is 8.14. The van der Waals surface area contributed by atoms with Crippen LogP contribution < -0.4 is 5.73 Å². The molecule has 2 N–H and O–H groups in total. The number of thiocarbonyl (C=S) groups is 1. The molecule has 2 rings (SSSR count). The fraction of sp³-hybridized carbons (Fsp3) is 0.400. The number of rotatable bonds is 4. The molecular weight excluding hydrogens is 256 g/mol. The standard InChI is InChI=1S/C15H20N2OS/c1-15(2,3)18-9-8-17-7-6-11-4-5-12(14(16)19)10-13(11)17/h4-7,10H,8-9H2,1-3H3,(H2,16,19). The summed E-state index contributed by atoms with van der Waals surface area (Å²) < 4.78 is 7.93. The summed E-state index contributed by atoms with van der Waals surface area (Å²) >= 11 is 5.02. The van der Waals surface area contributed by atoms with Gasteiger partial charge in [0.25, 0.3) is 0 Å². The van der Waals surface area contributed by atoms with Gasteiger partial charge in [0.2, 0.25) is 0 Å². The first-order chi connectivity index (χ1) is 8.87. The smallest absolute Gasteiger partial charge is 0.104 e. The fourth-order valence-electron chi connectivity index (χ4n) is 1.98. The molecule has 0 spiro atoms. The number of fused-ring (bicyclic) bond motifs is 1. The van der Waals surface area contributed by atoms with Gasteiger partial charge in [-0.2, -0.15) is 0 Å². The molecule has 1 aromatic carbocycles. The zero-order valence-corrected chi connectivity index (χ0v) is 12.5. The Morgan fingerprint density at radius 3 is 2.68 bits per heavy atom. The van der Waals surface area contributed by atoms with E-state index in [1.807, 2.05) is 18.2 Å². The first-order valence-corrected chi connectivity index (χ1v) is 6.80. The summed E-state index contributed by atoms with van der Waals surface area (Å²) in [5.41, 5.74) is 7.62. The lowest BCUT2D eigenvalue weighted by molar-refractivity contribution is -0.00644. The molecular formula is C15H20N2OS. The number of hydrogen-bond acceptors (Lipinski definition) is 2. The van der Waals surface area contributed by atoms with Crippen LogP contribution >= 0.6 is 12.2 Å². The van der Waals surface area contributed by atoms with Crippen LogP contribution in [0.25, 0.3) is 10.9 Å². The molecule has 0 atom stereocenters. The van der Waals surface area contributed by atoms with E-state index < -0.39 is 0 Å². The molecule has 0 radical (unpaired) electrons. The van der Waals surface area contributed by atoms with E-state index >= 15 is 0 Å². The van der Waals surface area contributed by atoms with Crippen LogP contribution in [0.3, 0.4) is 0 Å². The Morgan fingerprint density at radius 2 is 2.05 bits per heavy atom. The predicted molar refractivity (Wildman–Crippen MR) is 83.5 cm³/mol. The molecule has 102 valence electrons. The minimum Gasteiger partial charge on any atom is -0.389 e. The van der Waals surface area contributed by atoms with Gasteiger partial charge >= 0.3 is 0 Å². The summed E-state index contributed by atoms with van der Waals surface area (Å²) in [5.74, 6) is 0. The Bertz CT molecular complexity index is 596. The molecule has 0 bridgehead atoms. The Morgan fingerprint density at radius 1 is 1.32 bits per heavy atom. The second-order valence-electron chi connectivity index (χ2n) is 5.61. The Kier molecular flexibility index (Phi) is 3.92. The summed E-state index contributed by atoms with van der Waals surface area (Å²) in [6.45, 7) is 7.69. The molecule has 0 aliphatic heterocycles. The zero-order chi connectivity index (χ0) is 14.0. The van der Waals surface area contributed by atoms with E-state index in [4.69, 9.17) is 22.7 Å². The molecule has 1 aromatic heterocycles. The van der Waals surface area contributed by atoms with Crippen molar-refractivity contribution in [3.63, 3.8) is 0 Å². The lowest BCUT2D eigenvalue weighted by Crippen LogP contribution is -2.21. The van der Waals surface area contributed by atoms with Crippen molar-refractivity contribution in [2.24, 2.45) is 5.73 Å². The highest BCUT2D eigenvalue weighted by molar-refractivity contribution is 7.80. The third-order valence-corrected chi connectivity index (χ3v) is 3.16. The number of benzene rings is 1. The van der Waals surface area contributed by atoms with Crippen molar-refractivity contribution in [3.05, 3.63) is 36.0 Å². The van der Waals surface area contributed by atoms with Gasteiger partial charge in [-0.1, -0.05) is 24.4 Å². The van der Waals surface area contributed by atoms with E-state index in [0.29, 0.717) is 11.6 Å². The van der Waals surface area contributed by atoms with Crippen molar-refractivity contribution >= 4 is 28.1 Å². The van der Waals surface area contributed by atoms with Crippen LogP contribution in [0.5, 0.6) is 0 Å². The summed E-state index contributed by atoms with van der Waals surface area (Å²) in [5, 5.41) is 1.19. The quantitative estimate of drug-likeness (QED) is 0.872. The predicted octanol–water partition coefficient (Wildman–Crippen LogP) is 3.09. The SMILES string of the molecule is CC(C)(C)OCCn1ccc2ccc(C(N)=S)cc21. The van der Waals surface area contributed by atoms with Gasteiger partial charge in [-0.15, -0.1) is 0 Å². The third-order valence-electron chi connectivity index (χ3n) is 2.93. The summed E-state index contributed by atoms with van der Waals surface area (Å²) in [7, 11) is 0. The van der Waals surface area contributed by atoms with Gasteiger partial charge in [0, 0.05) is 23.8 Å². The van der Waals surface area contributed by atoms with Crippen LogP contribution in [0, 0.1) is 0 Å². The number of hydrogen-bond donors (Lipinski definition) is 1. The van der Waals surface area contributed by atoms with Gasteiger partial charge in [0.15, 0.2) is 0 Å². The highest BCUT2D eigenvalue weighted by Crippen LogP contribution is 2.18. The molecule has 3 nitrogen and oxygen atoms in total. The van der Waals surface area contributed by atoms with Gasteiger partial charge in [-0.25, -0.2) is 0 Å². The lowest BCUT2D eigenvalue weighted by Gasteiger charge is -2.19. The Balaban J connectivity index is 2.19. The molecule has 4 heteroatoms. The molecule has 0 amide bonds. The highest BCUT2D eigenvalue weighted by Gasteiger charge is 2.10. The normalized spacial score (nSPS) is 11.9. The van der Waals surface area contributed by atoms with Gasteiger partial charge in [0.1, 0.15) is 4.99 Å². The molecule has 0 unspecified atom stereocenters. The van der Waals surface area contributed by atoms with E-state index in [9.17, 15) is 0 Å². The summed E-state index contributed by atoms with van der Waals surface area (Å²) in [6.07, 6.45) is 2.07. The maximum atomic E-state index is 5.76. The van der Waals surface area contributed by atoms with Crippen LogP contribution in [0.2, 0.25) is 0 Å². The minimum atomic E-state index is -0.104. The van der Waals surface area contributed by atoms with Crippen LogP contribution in [-0.4, -0.2) is 21.8 Å². The largest absolute Gasteiger partial charge is 0.389 e. The van der Waals surface area contributed by atoms with E-state index in [1.165, 1.54) is 5.39 Å². The monoisotopic (exact) mass is 276 g/mol.